The Morgan fingerprint density at radius 1 is 1.12 bits per heavy atom. The molecule has 1 atom stereocenters. The Hall–Kier alpha value is -0.660. The molecule has 2 rings (SSSR count). The average molecular weight is 360 g/mol. The number of likely N-dealkylation sites (tertiary alicyclic amines) is 1. The van der Waals surface area contributed by atoms with Gasteiger partial charge in [-0.2, -0.15) is 0 Å². The van der Waals surface area contributed by atoms with Crippen LogP contribution >= 0.6 is 0 Å². The molecule has 0 unspecified atom stereocenters. The zero-order valence-electron chi connectivity index (χ0n) is 15.2. The summed E-state index contributed by atoms with van der Waals surface area (Å²) in [6.45, 7) is 6.15. The van der Waals surface area contributed by atoms with Gasteiger partial charge in [0, 0.05) is 38.1 Å². The van der Waals surface area contributed by atoms with E-state index in [4.69, 9.17) is 0 Å². The standard InChI is InChI=1S/C17H33N3O3S/c1-3-16-7-4-5-11-19(16)12-6-10-18-17(21)15-8-13-20(14-9-15)24(2,22)23/h15-16H,3-14H2,1-2H3,(H,18,21)/t16-/m1/s1. The van der Waals surface area contributed by atoms with Gasteiger partial charge in [-0.15, -0.1) is 0 Å². The highest BCUT2D eigenvalue weighted by molar-refractivity contribution is 7.88. The summed E-state index contributed by atoms with van der Waals surface area (Å²) < 4.78 is 24.5. The van der Waals surface area contributed by atoms with Crippen LogP contribution in [-0.2, 0) is 14.8 Å². The van der Waals surface area contributed by atoms with Crippen LogP contribution in [0.15, 0.2) is 0 Å². The smallest absolute Gasteiger partial charge is 0.223 e. The van der Waals surface area contributed by atoms with Gasteiger partial charge < -0.3 is 10.2 Å². The van der Waals surface area contributed by atoms with Crippen LogP contribution in [0.1, 0.15) is 51.9 Å². The van der Waals surface area contributed by atoms with Gasteiger partial charge in [0.1, 0.15) is 0 Å². The molecule has 140 valence electrons. The Morgan fingerprint density at radius 3 is 2.46 bits per heavy atom. The van der Waals surface area contributed by atoms with Crippen molar-refractivity contribution in [3.63, 3.8) is 0 Å². The van der Waals surface area contributed by atoms with E-state index < -0.39 is 10.0 Å². The molecule has 2 heterocycles. The topological polar surface area (TPSA) is 69.7 Å². The number of hydrogen-bond acceptors (Lipinski definition) is 4. The first kappa shape index (κ1) is 19.7. The van der Waals surface area contributed by atoms with Crippen molar-refractivity contribution >= 4 is 15.9 Å². The van der Waals surface area contributed by atoms with Gasteiger partial charge in [0.2, 0.25) is 15.9 Å². The van der Waals surface area contributed by atoms with Crippen LogP contribution in [0, 0.1) is 5.92 Å². The number of rotatable bonds is 7. The molecule has 0 aromatic rings. The number of carbonyl (C=O) groups excluding carboxylic acids is 1. The van der Waals surface area contributed by atoms with Crippen molar-refractivity contribution < 1.29 is 13.2 Å². The largest absolute Gasteiger partial charge is 0.356 e. The molecule has 0 aliphatic carbocycles. The Bertz CT molecular complexity index is 501. The normalized spacial score (nSPS) is 24.8. The van der Waals surface area contributed by atoms with Crippen LogP contribution in [-0.4, -0.2) is 68.6 Å². The predicted molar refractivity (Wildman–Crippen MR) is 96.3 cm³/mol. The molecule has 0 spiro atoms. The fraction of sp³-hybridized carbons (Fsp3) is 0.941. The van der Waals surface area contributed by atoms with E-state index in [0.29, 0.717) is 25.9 Å². The monoisotopic (exact) mass is 359 g/mol. The first-order chi connectivity index (χ1) is 11.4. The minimum absolute atomic E-state index is 0.0404. The molecule has 2 aliphatic rings. The highest BCUT2D eigenvalue weighted by atomic mass is 32.2. The molecule has 0 saturated carbocycles. The van der Waals surface area contributed by atoms with E-state index in [2.05, 4.69) is 17.1 Å². The van der Waals surface area contributed by atoms with Crippen molar-refractivity contribution in [2.75, 3.05) is 39.0 Å². The summed E-state index contributed by atoms with van der Waals surface area (Å²) >= 11 is 0. The van der Waals surface area contributed by atoms with Crippen LogP contribution < -0.4 is 5.32 Å². The maximum absolute atomic E-state index is 12.2. The minimum atomic E-state index is -3.12. The number of hydrogen-bond donors (Lipinski definition) is 1. The molecule has 1 N–H and O–H groups in total. The Morgan fingerprint density at radius 2 is 1.83 bits per heavy atom. The van der Waals surface area contributed by atoms with Crippen molar-refractivity contribution in [3.05, 3.63) is 0 Å². The molecule has 1 amide bonds. The molecule has 0 radical (unpaired) electrons. The van der Waals surface area contributed by atoms with E-state index in [1.165, 1.54) is 42.8 Å². The molecular weight excluding hydrogens is 326 g/mol. The molecule has 0 aromatic carbocycles. The van der Waals surface area contributed by atoms with Crippen molar-refractivity contribution in [2.45, 2.75) is 57.9 Å². The summed E-state index contributed by atoms with van der Waals surface area (Å²) in [5.41, 5.74) is 0. The summed E-state index contributed by atoms with van der Waals surface area (Å²) in [7, 11) is -3.12. The van der Waals surface area contributed by atoms with Crippen LogP contribution in [0.25, 0.3) is 0 Å². The zero-order valence-corrected chi connectivity index (χ0v) is 16.0. The molecule has 2 fully saturated rings. The van der Waals surface area contributed by atoms with Crippen LogP contribution in [0.2, 0.25) is 0 Å². The fourth-order valence-electron chi connectivity index (χ4n) is 3.90. The quantitative estimate of drug-likeness (QED) is 0.698. The molecular formula is C17H33N3O3S. The number of nitrogens with zero attached hydrogens (tertiary/aromatic N) is 2. The SMILES string of the molecule is CC[C@@H]1CCCCN1CCCNC(=O)C1CCN(S(C)(=O)=O)CC1. The maximum atomic E-state index is 12.2. The first-order valence-corrected chi connectivity index (χ1v) is 11.2. The lowest BCUT2D eigenvalue weighted by Gasteiger charge is -2.35. The van der Waals surface area contributed by atoms with E-state index in [-0.39, 0.29) is 11.8 Å². The third-order valence-corrected chi connectivity index (χ3v) is 6.74. The second-order valence-electron chi connectivity index (χ2n) is 7.17. The summed E-state index contributed by atoms with van der Waals surface area (Å²) in [5.74, 6) is 0.0511. The molecule has 0 bridgehead atoms. The van der Waals surface area contributed by atoms with Crippen molar-refractivity contribution in [3.8, 4) is 0 Å². The van der Waals surface area contributed by atoms with E-state index in [1.807, 2.05) is 0 Å². The van der Waals surface area contributed by atoms with E-state index in [0.717, 1.165) is 25.6 Å². The van der Waals surface area contributed by atoms with Gasteiger partial charge >= 0.3 is 0 Å². The molecule has 6 nitrogen and oxygen atoms in total. The average Bonchev–Trinajstić information content (AvgIpc) is 2.58. The van der Waals surface area contributed by atoms with Crippen LogP contribution in [0.4, 0.5) is 0 Å². The minimum Gasteiger partial charge on any atom is -0.356 e. The number of carbonyl (C=O) groups is 1. The van der Waals surface area contributed by atoms with Gasteiger partial charge in [0.05, 0.1) is 6.26 Å². The Labute approximate surface area is 147 Å². The molecule has 2 saturated heterocycles. The number of piperidine rings is 2. The predicted octanol–water partition coefficient (Wildman–Crippen LogP) is 1.43. The molecule has 24 heavy (non-hydrogen) atoms. The van der Waals surface area contributed by atoms with Crippen molar-refractivity contribution in [1.82, 2.24) is 14.5 Å². The third kappa shape index (κ3) is 5.70. The van der Waals surface area contributed by atoms with Crippen LogP contribution in [0.3, 0.4) is 0 Å². The Kier molecular flexibility index (Phi) is 7.50. The van der Waals surface area contributed by atoms with Crippen molar-refractivity contribution in [1.29, 1.82) is 0 Å². The molecule has 7 heteroatoms. The fourth-order valence-corrected chi connectivity index (χ4v) is 4.78. The van der Waals surface area contributed by atoms with Gasteiger partial charge in [-0.05, 0) is 45.1 Å². The third-order valence-electron chi connectivity index (χ3n) is 5.44. The van der Waals surface area contributed by atoms with E-state index in [1.54, 1.807) is 0 Å². The van der Waals surface area contributed by atoms with Gasteiger partial charge in [0.25, 0.3) is 0 Å². The lowest BCUT2D eigenvalue weighted by atomic mass is 9.97. The zero-order chi connectivity index (χ0) is 17.6. The van der Waals surface area contributed by atoms with Gasteiger partial charge in [-0.3, -0.25) is 4.79 Å². The van der Waals surface area contributed by atoms with E-state index >= 15 is 0 Å². The number of amides is 1. The molecule has 0 aromatic heterocycles. The highest BCUT2D eigenvalue weighted by Gasteiger charge is 2.28. The summed E-state index contributed by atoms with van der Waals surface area (Å²) in [5, 5.41) is 3.04. The number of nitrogens with one attached hydrogen (secondary N) is 1. The number of sulfonamides is 1. The lowest BCUT2D eigenvalue weighted by molar-refractivity contribution is -0.126. The van der Waals surface area contributed by atoms with Gasteiger partial charge in [0.15, 0.2) is 0 Å². The second-order valence-corrected chi connectivity index (χ2v) is 9.16. The van der Waals surface area contributed by atoms with Gasteiger partial charge in [-0.25, -0.2) is 12.7 Å². The highest BCUT2D eigenvalue weighted by Crippen LogP contribution is 2.20. The molecule has 2 aliphatic heterocycles. The summed E-state index contributed by atoms with van der Waals surface area (Å²) in [4.78, 5) is 14.8. The summed E-state index contributed by atoms with van der Waals surface area (Å²) in [6, 6.07) is 0.717. The maximum Gasteiger partial charge on any atom is 0.223 e. The van der Waals surface area contributed by atoms with Crippen LogP contribution in [0.5, 0.6) is 0 Å². The summed E-state index contributed by atoms with van der Waals surface area (Å²) in [6.07, 6.45) is 8.64. The van der Waals surface area contributed by atoms with E-state index in [9.17, 15) is 13.2 Å². The first-order valence-electron chi connectivity index (χ1n) is 9.38. The Balaban J connectivity index is 1.63. The van der Waals surface area contributed by atoms with Gasteiger partial charge in [-0.1, -0.05) is 13.3 Å². The second kappa shape index (κ2) is 9.15. The lowest BCUT2D eigenvalue weighted by Crippen LogP contribution is -2.43. The van der Waals surface area contributed by atoms with Crippen molar-refractivity contribution in [2.24, 2.45) is 5.92 Å².